The van der Waals surface area contributed by atoms with Gasteiger partial charge in [-0.3, -0.25) is 9.69 Å². The third-order valence-corrected chi connectivity index (χ3v) is 4.93. The molecule has 0 saturated carbocycles. The number of hydrogen-bond acceptors (Lipinski definition) is 4. The number of amides is 1. The van der Waals surface area contributed by atoms with Gasteiger partial charge in [-0.05, 0) is 24.1 Å². The minimum atomic E-state index is -1.95. The smallest absolute Gasteiger partial charge is 0.326 e. The molecule has 142 valence electrons. The Morgan fingerprint density at radius 3 is 2.41 bits per heavy atom. The highest BCUT2D eigenvalue weighted by Crippen LogP contribution is 2.49. The second-order valence-corrected chi connectivity index (χ2v) is 6.30. The van der Waals surface area contributed by atoms with Gasteiger partial charge in [-0.15, -0.1) is 0 Å². The second-order valence-electron chi connectivity index (χ2n) is 6.30. The number of nitrogens with zero attached hydrogens (tertiary/aromatic N) is 1. The van der Waals surface area contributed by atoms with Crippen LogP contribution in [0.25, 0.3) is 0 Å². The van der Waals surface area contributed by atoms with E-state index in [9.17, 15) is 33.7 Å². The number of para-hydroxylation sites is 1. The van der Waals surface area contributed by atoms with Gasteiger partial charge in [0.15, 0.2) is 11.6 Å². The lowest BCUT2D eigenvalue weighted by molar-refractivity contribution is -0.140. The summed E-state index contributed by atoms with van der Waals surface area (Å²) in [5.74, 6) is -5.40. The summed E-state index contributed by atoms with van der Waals surface area (Å²) in [6.07, 6.45) is 0.0840. The van der Waals surface area contributed by atoms with Crippen molar-refractivity contribution in [2.75, 3.05) is 11.5 Å². The van der Waals surface area contributed by atoms with Gasteiger partial charge in [-0.2, -0.15) is 0 Å². The number of aliphatic hydroxyl groups is 1. The molecule has 0 aromatic heterocycles. The third-order valence-electron chi connectivity index (χ3n) is 4.93. The first-order valence-corrected chi connectivity index (χ1v) is 8.24. The fraction of sp³-hybridized carbons (Fsp3) is 0.263. The van der Waals surface area contributed by atoms with Crippen molar-refractivity contribution in [1.82, 2.24) is 0 Å². The summed E-state index contributed by atoms with van der Waals surface area (Å²) in [6, 6.07) is 6.10. The molecule has 0 fully saturated rings. The maximum atomic E-state index is 13.9. The van der Waals surface area contributed by atoms with E-state index in [1.165, 1.54) is 12.1 Å². The largest absolute Gasteiger partial charge is 0.508 e. The number of phenols is 1. The lowest BCUT2D eigenvalue weighted by Crippen LogP contribution is -2.50. The molecule has 2 unspecified atom stereocenters. The van der Waals surface area contributed by atoms with E-state index in [0.717, 1.165) is 4.90 Å². The predicted octanol–water partition coefficient (Wildman–Crippen LogP) is 2.16. The first kappa shape index (κ1) is 18.8. The van der Waals surface area contributed by atoms with Crippen molar-refractivity contribution in [1.29, 1.82) is 0 Å². The third kappa shape index (κ3) is 2.56. The van der Waals surface area contributed by atoms with Crippen LogP contribution in [0.3, 0.4) is 0 Å². The van der Waals surface area contributed by atoms with E-state index in [1.54, 1.807) is 19.1 Å². The number of hydrogen-bond donors (Lipinski definition) is 3. The first-order chi connectivity index (χ1) is 12.8. The molecule has 3 N–H and O–H groups in total. The lowest BCUT2D eigenvalue weighted by Gasteiger charge is -2.30. The molecule has 3 rings (SSSR count). The summed E-state index contributed by atoms with van der Waals surface area (Å²) in [6.45, 7) is 0.719. The van der Waals surface area contributed by atoms with E-state index >= 15 is 0 Å². The van der Waals surface area contributed by atoms with Crippen LogP contribution in [0, 0.1) is 11.6 Å². The SMILES string of the molecule is CCC(C(=O)O)N1C(=O)C(CO)(c2cc(F)c(F)cc2O)c2ccccc21. The molecule has 2 aromatic carbocycles. The molecule has 1 aliphatic heterocycles. The van der Waals surface area contributed by atoms with E-state index in [4.69, 9.17) is 0 Å². The molecule has 0 bridgehead atoms. The van der Waals surface area contributed by atoms with E-state index in [1.807, 2.05) is 0 Å². The molecule has 27 heavy (non-hydrogen) atoms. The topological polar surface area (TPSA) is 98.1 Å². The number of fused-ring (bicyclic) bond motifs is 1. The Labute approximate surface area is 153 Å². The Kier molecular flexibility index (Phi) is 4.61. The lowest BCUT2D eigenvalue weighted by atomic mass is 9.75. The zero-order valence-electron chi connectivity index (χ0n) is 14.3. The highest BCUT2D eigenvalue weighted by molar-refractivity contribution is 6.13. The molecule has 0 radical (unpaired) electrons. The van der Waals surface area contributed by atoms with E-state index in [0.29, 0.717) is 12.1 Å². The molecule has 6 nitrogen and oxygen atoms in total. The average molecular weight is 377 g/mol. The van der Waals surface area contributed by atoms with Crippen molar-refractivity contribution >= 4 is 17.6 Å². The van der Waals surface area contributed by atoms with E-state index in [-0.39, 0.29) is 23.2 Å². The number of carboxylic acid groups (broad SMARTS) is 1. The van der Waals surface area contributed by atoms with Crippen LogP contribution < -0.4 is 4.90 Å². The molecular formula is C19H17F2NO5. The van der Waals surface area contributed by atoms with Crippen LogP contribution in [-0.4, -0.2) is 39.8 Å². The van der Waals surface area contributed by atoms with Crippen molar-refractivity contribution < 1.29 is 33.7 Å². The first-order valence-electron chi connectivity index (χ1n) is 8.24. The number of halogens is 2. The van der Waals surface area contributed by atoms with Gasteiger partial charge in [-0.1, -0.05) is 25.1 Å². The molecule has 1 heterocycles. The Balaban J connectivity index is 2.33. The molecule has 8 heteroatoms. The van der Waals surface area contributed by atoms with Gasteiger partial charge in [0.25, 0.3) is 0 Å². The zero-order chi connectivity index (χ0) is 19.9. The maximum Gasteiger partial charge on any atom is 0.326 e. The second kappa shape index (κ2) is 6.62. The van der Waals surface area contributed by atoms with Crippen molar-refractivity contribution in [3.05, 3.63) is 59.2 Å². The van der Waals surface area contributed by atoms with Crippen LogP contribution in [0.2, 0.25) is 0 Å². The minimum Gasteiger partial charge on any atom is -0.508 e. The van der Waals surface area contributed by atoms with Crippen molar-refractivity contribution in [2.45, 2.75) is 24.8 Å². The fourth-order valence-corrected chi connectivity index (χ4v) is 3.63. The van der Waals surface area contributed by atoms with Crippen molar-refractivity contribution in [3.63, 3.8) is 0 Å². The van der Waals surface area contributed by atoms with Crippen LogP contribution in [0.4, 0.5) is 14.5 Å². The van der Waals surface area contributed by atoms with Gasteiger partial charge in [-0.25, -0.2) is 13.6 Å². The summed E-state index contributed by atoms with van der Waals surface area (Å²) < 4.78 is 27.3. The van der Waals surface area contributed by atoms with Gasteiger partial charge >= 0.3 is 5.97 Å². The number of anilines is 1. The van der Waals surface area contributed by atoms with Gasteiger partial charge in [0, 0.05) is 17.3 Å². The zero-order valence-corrected chi connectivity index (χ0v) is 14.3. The summed E-state index contributed by atoms with van der Waals surface area (Å²) in [5.41, 5.74) is -1.84. The van der Waals surface area contributed by atoms with Gasteiger partial charge in [0.2, 0.25) is 5.91 Å². The van der Waals surface area contributed by atoms with Crippen LogP contribution in [0.15, 0.2) is 36.4 Å². The quantitative estimate of drug-likeness (QED) is 0.742. The highest BCUT2D eigenvalue weighted by atomic mass is 19.2. The Hall–Kier alpha value is -3.00. The van der Waals surface area contributed by atoms with Crippen LogP contribution in [-0.2, 0) is 15.0 Å². The van der Waals surface area contributed by atoms with E-state index in [2.05, 4.69) is 0 Å². The molecule has 1 aliphatic rings. The number of aromatic hydroxyl groups is 1. The number of carbonyl (C=O) groups excluding carboxylic acids is 1. The highest BCUT2D eigenvalue weighted by Gasteiger charge is 2.55. The fourth-order valence-electron chi connectivity index (χ4n) is 3.63. The molecule has 2 atom stereocenters. The van der Waals surface area contributed by atoms with Gasteiger partial charge in [0.1, 0.15) is 17.2 Å². The summed E-state index contributed by atoms with van der Waals surface area (Å²) in [4.78, 5) is 26.0. The molecular weight excluding hydrogens is 360 g/mol. The van der Waals surface area contributed by atoms with Gasteiger partial charge in [0.05, 0.1) is 6.61 Å². The number of carbonyl (C=O) groups is 2. The molecule has 0 saturated heterocycles. The Bertz CT molecular complexity index is 932. The van der Waals surface area contributed by atoms with Crippen LogP contribution in [0.1, 0.15) is 24.5 Å². The van der Waals surface area contributed by atoms with E-state index < -0.39 is 47.3 Å². The number of rotatable bonds is 5. The number of phenolic OH excluding ortho intramolecular Hbond substituents is 1. The number of carboxylic acids is 1. The molecule has 2 aromatic rings. The average Bonchev–Trinajstić information content (AvgIpc) is 2.88. The Morgan fingerprint density at radius 1 is 1.19 bits per heavy atom. The molecule has 0 spiro atoms. The summed E-state index contributed by atoms with van der Waals surface area (Å²) in [5, 5.41) is 29.9. The monoisotopic (exact) mass is 377 g/mol. The number of benzene rings is 2. The summed E-state index contributed by atoms with van der Waals surface area (Å²) >= 11 is 0. The van der Waals surface area contributed by atoms with Crippen molar-refractivity contribution in [3.8, 4) is 5.75 Å². The normalized spacial score (nSPS) is 19.9. The maximum absolute atomic E-state index is 13.9. The molecule has 0 aliphatic carbocycles. The number of aliphatic carboxylic acids is 1. The standard InChI is InChI=1S/C19H17F2NO5/c1-2-14(17(25)26)22-15-6-4-3-5-10(15)19(9-23,18(22)27)11-7-12(20)13(21)8-16(11)24/h3-8,14,23-24H,2,9H2,1H3,(H,25,26). The minimum absolute atomic E-state index is 0.0840. The number of aliphatic hydroxyl groups excluding tert-OH is 1. The van der Waals surface area contributed by atoms with Gasteiger partial charge < -0.3 is 15.3 Å². The summed E-state index contributed by atoms with van der Waals surface area (Å²) in [7, 11) is 0. The van der Waals surface area contributed by atoms with Crippen LogP contribution >= 0.6 is 0 Å². The predicted molar refractivity (Wildman–Crippen MR) is 91.5 cm³/mol. The van der Waals surface area contributed by atoms with Crippen molar-refractivity contribution in [2.24, 2.45) is 0 Å². The van der Waals surface area contributed by atoms with Crippen LogP contribution in [0.5, 0.6) is 5.75 Å². The Morgan fingerprint density at radius 2 is 1.81 bits per heavy atom. The molecule has 1 amide bonds.